The van der Waals surface area contributed by atoms with Gasteiger partial charge < -0.3 is 19.6 Å². The molecule has 1 atom stereocenters. The molecule has 2 aliphatic rings. The maximum atomic E-state index is 12.8. The van der Waals surface area contributed by atoms with Crippen molar-refractivity contribution in [1.29, 1.82) is 0 Å². The lowest BCUT2D eigenvalue weighted by Crippen LogP contribution is -2.42. The number of piperidine rings is 1. The lowest BCUT2D eigenvalue weighted by atomic mass is 9.93. The number of fused-ring (bicyclic) bond motifs is 1. The molecule has 160 valence electrons. The highest BCUT2D eigenvalue weighted by atomic mass is 32.1. The number of amides is 1. The topological polar surface area (TPSA) is 83.0 Å². The van der Waals surface area contributed by atoms with Gasteiger partial charge in [0.25, 0.3) is 0 Å². The Hall–Kier alpha value is -2.29. The van der Waals surface area contributed by atoms with Crippen LogP contribution in [0.3, 0.4) is 0 Å². The van der Waals surface area contributed by atoms with Crippen molar-refractivity contribution in [2.45, 2.75) is 39.4 Å². The number of aliphatic hydroxyl groups is 1. The molecule has 2 aromatic rings. The van der Waals surface area contributed by atoms with Crippen LogP contribution in [0, 0.1) is 19.8 Å². The molecule has 1 N–H and O–H groups in total. The van der Waals surface area contributed by atoms with Crippen LogP contribution >= 0.6 is 11.5 Å². The lowest BCUT2D eigenvalue weighted by molar-refractivity contribution is -0.123. The van der Waals surface area contributed by atoms with Crippen molar-refractivity contribution in [3.8, 4) is 0 Å². The molecule has 2 aliphatic heterocycles. The fourth-order valence-electron chi connectivity index (χ4n) is 4.32. The summed E-state index contributed by atoms with van der Waals surface area (Å²) >= 11 is 1.35. The summed E-state index contributed by atoms with van der Waals surface area (Å²) < 4.78 is 9.36. The van der Waals surface area contributed by atoms with Crippen LogP contribution in [0.1, 0.15) is 51.7 Å². The summed E-state index contributed by atoms with van der Waals surface area (Å²) in [5.41, 5.74) is 4.17. The number of aliphatic hydroxyl groups excluding tert-OH is 1. The molecule has 0 aliphatic carbocycles. The SMILES string of the molecule is Cc1cc(N(C)C(=O)C2CCN(C[C@H](O)c3ccc4c(c3C)COC4=O)CC2)sn1. The average Bonchev–Trinajstić information content (AvgIpc) is 3.34. The molecule has 1 fully saturated rings. The number of aryl methyl sites for hydroxylation is 1. The third kappa shape index (κ3) is 3.99. The third-order valence-electron chi connectivity index (χ3n) is 6.21. The minimum Gasteiger partial charge on any atom is -0.457 e. The molecule has 1 saturated heterocycles. The van der Waals surface area contributed by atoms with Crippen molar-refractivity contribution in [2.75, 3.05) is 31.6 Å². The first-order valence-corrected chi connectivity index (χ1v) is 11.0. The first-order chi connectivity index (χ1) is 14.3. The van der Waals surface area contributed by atoms with Gasteiger partial charge in [0.15, 0.2) is 0 Å². The maximum Gasteiger partial charge on any atom is 0.338 e. The van der Waals surface area contributed by atoms with E-state index in [0.29, 0.717) is 12.1 Å². The number of hydrogen-bond donors (Lipinski definition) is 1. The van der Waals surface area contributed by atoms with Gasteiger partial charge in [0.05, 0.1) is 17.4 Å². The first-order valence-electron chi connectivity index (χ1n) is 10.3. The molecule has 4 rings (SSSR count). The Morgan fingerprint density at radius 3 is 2.77 bits per heavy atom. The van der Waals surface area contributed by atoms with E-state index < -0.39 is 6.10 Å². The summed E-state index contributed by atoms with van der Waals surface area (Å²) in [6.07, 6.45) is 0.916. The van der Waals surface area contributed by atoms with Gasteiger partial charge in [-0.05, 0) is 74.6 Å². The Balaban J connectivity index is 1.34. The molecule has 0 spiro atoms. The highest BCUT2D eigenvalue weighted by Crippen LogP contribution is 2.31. The molecule has 30 heavy (non-hydrogen) atoms. The molecule has 1 amide bonds. The van der Waals surface area contributed by atoms with Crippen molar-refractivity contribution in [3.05, 3.63) is 46.1 Å². The number of hydrogen-bond acceptors (Lipinski definition) is 7. The van der Waals surface area contributed by atoms with Gasteiger partial charge in [0, 0.05) is 25.1 Å². The minimum atomic E-state index is -0.638. The fourth-order valence-corrected chi connectivity index (χ4v) is 5.05. The van der Waals surface area contributed by atoms with Crippen LogP contribution in [0.15, 0.2) is 18.2 Å². The number of cyclic esters (lactones) is 1. The smallest absolute Gasteiger partial charge is 0.338 e. The molecule has 0 saturated carbocycles. The van der Waals surface area contributed by atoms with E-state index in [2.05, 4.69) is 9.27 Å². The third-order valence-corrected chi connectivity index (χ3v) is 7.17. The molecule has 0 unspecified atom stereocenters. The number of likely N-dealkylation sites (tertiary alicyclic amines) is 1. The highest BCUT2D eigenvalue weighted by molar-refractivity contribution is 7.10. The van der Waals surface area contributed by atoms with Gasteiger partial charge in [-0.15, -0.1) is 0 Å². The summed E-state index contributed by atoms with van der Waals surface area (Å²) in [6.45, 7) is 6.19. The molecule has 7 nitrogen and oxygen atoms in total. The molecular weight excluding hydrogens is 402 g/mol. The number of aromatic nitrogens is 1. The number of β-amino-alcohol motifs (C(OH)–C–C–N with tert-alkyl or cyclic N) is 1. The molecular formula is C22H27N3O4S. The van der Waals surface area contributed by atoms with E-state index >= 15 is 0 Å². The number of anilines is 1. The number of ether oxygens (including phenoxy) is 1. The van der Waals surface area contributed by atoms with Gasteiger partial charge in [-0.25, -0.2) is 4.79 Å². The quantitative estimate of drug-likeness (QED) is 0.736. The summed E-state index contributed by atoms with van der Waals surface area (Å²) in [4.78, 5) is 28.5. The maximum absolute atomic E-state index is 12.8. The second-order valence-corrected chi connectivity index (χ2v) is 8.96. The van der Waals surface area contributed by atoms with E-state index in [-0.39, 0.29) is 24.4 Å². The number of nitrogens with zero attached hydrogens (tertiary/aromatic N) is 3. The highest BCUT2D eigenvalue weighted by Gasteiger charge is 2.30. The van der Waals surface area contributed by atoms with Gasteiger partial charge in [-0.2, -0.15) is 4.37 Å². The van der Waals surface area contributed by atoms with Gasteiger partial charge in [0.2, 0.25) is 5.91 Å². The summed E-state index contributed by atoms with van der Waals surface area (Å²) in [6, 6.07) is 5.51. The van der Waals surface area contributed by atoms with Gasteiger partial charge in [0.1, 0.15) is 11.6 Å². The van der Waals surface area contributed by atoms with Crippen LogP contribution in [0.5, 0.6) is 0 Å². The number of carbonyl (C=O) groups is 2. The molecule has 8 heteroatoms. The molecule has 3 heterocycles. The van der Waals surface area contributed by atoms with E-state index in [1.807, 2.05) is 33.0 Å². The van der Waals surface area contributed by atoms with Crippen molar-refractivity contribution in [1.82, 2.24) is 9.27 Å². The Morgan fingerprint density at radius 1 is 1.37 bits per heavy atom. The number of rotatable bonds is 5. The largest absolute Gasteiger partial charge is 0.457 e. The zero-order chi connectivity index (χ0) is 21.4. The Kier molecular flexibility index (Phi) is 5.90. The average molecular weight is 430 g/mol. The standard InChI is InChI=1S/C22H27N3O4S/c1-13-10-20(30-23-13)24(3)21(27)15-6-8-25(9-7-15)11-19(26)16-4-5-17-18(14(16)2)12-29-22(17)28/h4-5,10,15,19,26H,6-9,11-12H2,1-3H3/t19-/m0/s1. The van der Waals surface area contributed by atoms with Crippen molar-refractivity contribution in [2.24, 2.45) is 5.92 Å². The summed E-state index contributed by atoms with van der Waals surface area (Å²) in [5.74, 6) is -0.159. The predicted octanol–water partition coefficient (Wildman–Crippen LogP) is 2.84. The van der Waals surface area contributed by atoms with E-state index in [1.54, 1.807) is 11.0 Å². The second-order valence-electron chi connectivity index (χ2n) is 8.18. The molecule has 0 bridgehead atoms. The van der Waals surface area contributed by atoms with E-state index in [4.69, 9.17) is 4.74 Å². The molecule has 1 aromatic heterocycles. The van der Waals surface area contributed by atoms with Crippen LogP contribution in [-0.4, -0.2) is 52.9 Å². The fraction of sp³-hybridized carbons (Fsp3) is 0.500. The number of benzene rings is 1. The van der Waals surface area contributed by atoms with Gasteiger partial charge in [-0.1, -0.05) is 6.07 Å². The van der Waals surface area contributed by atoms with E-state index in [0.717, 1.165) is 53.3 Å². The normalized spacial score (nSPS) is 18.2. The zero-order valence-electron chi connectivity index (χ0n) is 17.6. The number of esters is 1. The minimum absolute atomic E-state index is 0.00399. The van der Waals surface area contributed by atoms with Crippen LogP contribution in [0.25, 0.3) is 0 Å². The predicted molar refractivity (Wildman–Crippen MR) is 115 cm³/mol. The zero-order valence-corrected chi connectivity index (χ0v) is 18.4. The lowest BCUT2D eigenvalue weighted by Gasteiger charge is -2.34. The van der Waals surface area contributed by atoms with Gasteiger partial charge in [-0.3, -0.25) is 4.79 Å². The van der Waals surface area contributed by atoms with Crippen LogP contribution < -0.4 is 4.90 Å². The van der Waals surface area contributed by atoms with Crippen LogP contribution in [0.2, 0.25) is 0 Å². The second kappa shape index (κ2) is 8.45. The van der Waals surface area contributed by atoms with Crippen molar-refractivity contribution in [3.63, 3.8) is 0 Å². The van der Waals surface area contributed by atoms with Gasteiger partial charge >= 0.3 is 5.97 Å². The summed E-state index contributed by atoms with van der Waals surface area (Å²) in [7, 11) is 1.82. The molecule has 1 aromatic carbocycles. The van der Waals surface area contributed by atoms with E-state index in [1.165, 1.54) is 11.5 Å². The Labute approximate surface area is 180 Å². The Morgan fingerprint density at radius 2 is 2.10 bits per heavy atom. The van der Waals surface area contributed by atoms with Crippen LogP contribution in [0.4, 0.5) is 5.00 Å². The molecule has 0 radical (unpaired) electrons. The Bertz CT molecular complexity index is 965. The van der Waals surface area contributed by atoms with Crippen LogP contribution in [-0.2, 0) is 16.1 Å². The van der Waals surface area contributed by atoms with Crippen molar-refractivity contribution >= 4 is 28.4 Å². The number of carbonyl (C=O) groups excluding carboxylic acids is 2. The monoisotopic (exact) mass is 429 g/mol. The first kappa shape index (κ1) is 21.0. The van der Waals surface area contributed by atoms with E-state index in [9.17, 15) is 14.7 Å². The summed E-state index contributed by atoms with van der Waals surface area (Å²) in [5, 5.41) is 11.7. The van der Waals surface area contributed by atoms with Crippen molar-refractivity contribution < 1.29 is 19.4 Å².